The van der Waals surface area contributed by atoms with Gasteiger partial charge in [0.05, 0.1) is 22.5 Å². The highest BCUT2D eigenvalue weighted by molar-refractivity contribution is 6.02. The van der Waals surface area contributed by atoms with Gasteiger partial charge in [0.1, 0.15) is 0 Å². The first-order valence-corrected chi connectivity index (χ1v) is 7.71. The fourth-order valence-electron chi connectivity index (χ4n) is 2.80. The summed E-state index contributed by atoms with van der Waals surface area (Å²) < 4.78 is 1.72. The molecule has 0 spiro atoms. The molecule has 120 valence electrons. The van der Waals surface area contributed by atoms with Crippen molar-refractivity contribution < 1.29 is 4.79 Å². The van der Waals surface area contributed by atoms with Crippen LogP contribution in [0.3, 0.4) is 0 Å². The van der Waals surface area contributed by atoms with E-state index in [1.807, 2.05) is 30.3 Å². The lowest BCUT2D eigenvalue weighted by atomic mass is 10.1. The Morgan fingerprint density at radius 3 is 2.79 bits per heavy atom. The first kappa shape index (κ1) is 14.4. The van der Waals surface area contributed by atoms with Crippen LogP contribution in [-0.2, 0) is 0 Å². The molecular formula is C17H16N6O. The van der Waals surface area contributed by atoms with Crippen molar-refractivity contribution in [3.63, 3.8) is 0 Å². The Balaban J connectivity index is 1.87. The van der Waals surface area contributed by atoms with Crippen LogP contribution in [0.1, 0.15) is 34.8 Å². The van der Waals surface area contributed by atoms with E-state index in [9.17, 15) is 4.79 Å². The van der Waals surface area contributed by atoms with Crippen LogP contribution in [0.25, 0.3) is 16.6 Å². The molecule has 2 aromatic heterocycles. The van der Waals surface area contributed by atoms with Gasteiger partial charge in [0, 0.05) is 23.7 Å². The summed E-state index contributed by atoms with van der Waals surface area (Å²) in [6.07, 6.45) is 5.50. The summed E-state index contributed by atoms with van der Waals surface area (Å²) in [5.41, 5.74) is 13.6. The monoisotopic (exact) mass is 320 g/mol. The summed E-state index contributed by atoms with van der Waals surface area (Å²) in [6.45, 7) is 0. The lowest BCUT2D eigenvalue weighted by Crippen LogP contribution is -2.24. The molecule has 0 aliphatic heterocycles. The molecule has 7 heteroatoms. The maximum Gasteiger partial charge on any atom is 0.283 e. The number of pyridine rings is 1. The molecule has 1 aliphatic carbocycles. The molecule has 24 heavy (non-hydrogen) atoms. The molecule has 7 nitrogen and oxygen atoms in total. The van der Waals surface area contributed by atoms with Gasteiger partial charge in [0.2, 0.25) is 0 Å². The average Bonchev–Trinajstić information content (AvgIpc) is 3.32. The number of carbonyl (C=O) groups excluding carboxylic acids is 1. The van der Waals surface area contributed by atoms with Crippen LogP contribution in [0, 0.1) is 0 Å². The van der Waals surface area contributed by atoms with Crippen molar-refractivity contribution >= 4 is 22.8 Å². The van der Waals surface area contributed by atoms with Crippen LogP contribution in [0.5, 0.6) is 0 Å². The summed E-state index contributed by atoms with van der Waals surface area (Å²) in [7, 11) is 0. The van der Waals surface area contributed by atoms with Crippen LogP contribution in [0.2, 0.25) is 0 Å². The van der Waals surface area contributed by atoms with Crippen LogP contribution in [0.15, 0.2) is 47.7 Å². The van der Waals surface area contributed by atoms with Crippen molar-refractivity contribution in [3.8, 4) is 5.69 Å². The number of fused-ring (bicyclic) bond motifs is 1. The number of aromatic nitrogens is 3. The highest BCUT2D eigenvalue weighted by atomic mass is 16.1. The Morgan fingerprint density at radius 1 is 1.21 bits per heavy atom. The predicted molar refractivity (Wildman–Crippen MR) is 91.0 cm³/mol. The van der Waals surface area contributed by atoms with Gasteiger partial charge < -0.3 is 11.5 Å². The van der Waals surface area contributed by atoms with Crippen molar-refractivity contribution in [2.24, 2.45) is 16.5 Å². The van der Waals surface area contributed by atoms with Crippen LogP contribution < -0.4 is 11.5 Å². The van der Waals surface area contributed by atoms with Gasteiger partial charge in [0.15, 0.2) is 5.96 Å². The molecule has 1 saturated carbocycles. The highest BCUT2D eigenvalue weighted by Gasteiger charge is 2.32. The average molecular weight is 320 g/mol. The summed E-state index contributed by atoms with van der Waals surface area (Å²) in [4.78, 5) is 20.3. The van der Waals surface area contributed by atoms with Gasteiger partial charge in [-0.1, -0.05) is 6.07 Å². The number of hydrogen-bond acceptors (Lipinski definition) is 3. The summed E-state index contributed by atoms with van der Waals surface area (Å²) >= 11 is 0. The minimum absolute atomic E-state index is 0.246. The lowest BCUT2D eigenvalue weighted by Gasteiger charge is -2.05. The molecule has 1 fully saturated rings. The lowest BCUT2D eigenvalue weighted by molar-refractivity contribution is 0.100. The highest BCUT2D eigenvalue weighted by Crippen LogP contribution is 2.41. The van der Waals surface area contributed by atoms with Crippen LogP contribution >= 0.6 is 0 Å². The van der Waals surface area contributed by atoms with Crippen LogP contribution in [0.4, 0.5) is 0 Å². The SMILES string of the molecule is NC(N)=NC(=O)c1cn(-c2cccc3ncccc23)nc1C1CC1. The number of nitrogens with two attached hydrogens (primary N) is 2. The van der Waals surface area contributed by atoms with E-state index in [-0.39, 0.29) is 5.96 Å². The zero-order chi connectivity index (χ0) is 16.7. The number of nitrogens with zero attached hydrogens (tertiary/aromatic N) is 4. The van der Waals surface area contributed by atoms with Crippen molar-refractivity contribution in [2.75, 3.05) is 0 Å². The molecule has 1 amide bonds. The molecular weight excluding hydrogens is 304 g/mol. The molecule has 0 radical (unpaired) electrons. The Morgan fingerprint density at radius 2 is 2.04 bits per heavy atom. The molecule has 4 rings (SSSR count). The van der Waals surface area contributed by atoms with E-state index in [0.29, 0.717) is 11.5 Å². The topological polar surface area (TPSA) is 112 Å². The number of hydrogen-bond donors (Lipinski definition) is 2. The minimum atomic E-state index is -0.457. The Bertz CT molecular complexity index is 961. The number of rotatable bonds is 3. The molecule has 2 heterocycles. The van der Waals surface area contributed by atoms with E-state index in [1.165, 1.54) is 0 Å². The van der Waals surface area contributed by atoms with Crippen molar-refractivity contribution in [1.29, 1.82) is 0 Å². The summed E-state index contributed by atoms with van der Waals surface area (Å²) in [5.74, 6) is -0.405. The van der Waals surface area contributed by atoms with E-state index in [0.717, 1.165) is 35.1 Å². The third-order valence-electron chi connectivity index (χ3n) is 4.04. The first-order valence-electron chi connectivity index (χ1n) is 7.71. The third-order valence-corrected chi connectivity index (χ3v) is 4.04. The molecule has 0 unspecified atom stereocenters. The van der Waals surface area contributed by atoms with Gasteiger partial charge in [-0.25, -0.2) is 4.68 Å². The second-order valence-electron chi connectivity index (χ2n) is 5.84. The maximum atomic E-state index is 12.3. The molecule has 3 aromatic rings. The van der Waals surface area contributed by atoms with E-state index in [1.54, 1.807) is 17.1 Å². The molecule has 0 atom stereocenters. The van der Waals surface area contributed by atoms with Gasteiger partial charge >= 0.3 is 0 Å². The van der Waals surface area contributed by atoms with E-state index in [2.05, 4.69) is 15.1 Å². The van der Waals surface area contributed by atoms with Crippen molar-refractivity contribution in [1.82, 2.24) is 14.8 Å². The number of benzene rings is 1. The van der Waals surface area contributed by atoms with E-state index < -0.39 is 5.91 Å². The summed E-state index contributed by atoms with van der Waals surface area (Å²) in [6, 6.07) is 9.66. The van der Waals surface area contributed by atoms with Crippen molar-refractivity contribution in [2.45, 2.75) is 18.8 Å². The van der Waals surface area contributed by atoms with E-state index >= 15 is 0 Å². The third kappa shape index (κ3) is 2.50. The van der Waals surface area contributed by atoms with E-state index in [4.69, 9.17) is 11.5 Å². The number of amides is 1. The zero-order valence-corrected chi connectivity index (χ0v) is 12.9. The van der Waals surface area contributed by atoms with Gasteiger partial charge in [-0.15, -0.1) is 0 Å². The molecule has 0 bridgehead atoms. The van der Waals surface area contributed by atoms with Crippen molar-refractivity contribution in [3.05, 3.63) is 54.0 Å². The number of aliphatic imine (C=N–C) groups is 1. The van der Waals surface area contributed by atoms with Gasteiger partial charge in [0.25, 0.3) is 5.91 Å². The quantitative estimate of drug-likeness (QED) is 0.563. The molecule has 4 N–H and O–H groups in total. The smallest absolute Gasteiger partial charge is 0.283 e. The first-order chi connectivity index (χ1) is 11.6. The minimum Gasteiger partial charge on any atom is -0.370 e. The summed E-state index contributed by atoms with van der Waals surface area (Å²) in [5, 5.41) is 5.60. The zero-order valence-electron chi connectivity index (χ0n) is 12.9. The van der Waals surface area contributed by atoms with Crippen LogP contribution in [-0.4, -0.2) is 26.6 Å². The Kier molecular flexibility index (Phi) is 3.26. The maximum absolute atomic E-state index is 12.3. The second-order valence-corrected chi connectivity index (χ2v) is 5.84. The fourth-order valence-corrected chi connectivity index (χ4v) is 2.80. The van der Waals surface area contributed by atoms with Gasteiger partial charge in [-0.3, -0.25) is 9.78 Å². The normalized spacial score (nSPS) is 13.8. The standard InChI is InChI=1S/C17H16N6O/c18-17(19)21-16(24)12-9-23(22-15(12)10-6-7-10)14-5-1-4-13-11(14)3-2-8-20-13/h1-5,8-10H,6-7H2,(H4,18,19,21,24). The number of guanidine groups is 1. The van der Waals surface area contributed by atoms with Gasteiger partial charge in [-0.2, -0.15) is 10.1 Å². The number of carbonyl (C=O) groups is 1. The molecule has 1 aliphatic rings. The second kappa shape index (κ2) is 5.45. The largest absolute Gasteiger partial charge is 0.370 e. The van der Waals surface area contributed by atoms with Gasteiger partial charge in [-0.05, 0) is 37.1 Å². The fraction of sp³-hybridized carbons (Fsp3) is 0.176. The molecule has 1 aromatic carbocycles. The molecule has 0 saturated heterocycles. The Labute approximate surface area is 138 Å². The predicted octanol–water partition coefficient (Wildman–Crippen LogP) is 1.71. The Hall–Kier alpha value is -3.22.